The van der Waals surface area contributed by atoms with Gasteiger partial charge in [-0.2, -0.15) is 5.10 Å². The lowest BCUT2D eigenvalue weighted by molar-refractivity contribution is 0.0746. The van der Waals surface area contributed by atoms with Crippen LogP contribution in [0.4, 0.5) is 5.82 Å². The second-order valence-corrected chi connectivity index (χ2v) is 8.14. The summed E-state index contributed by atoms with van der Waals surface area (Å²) in [5, 5.41) is 14.9. The Morgan fingerprint density at radius 1 is 1.06 bits per heavy atom. The summed E-state index contributed by atoms with van der Waals surface area (Å²) in [6.07, 6.45) is 3.38. The summed E-state index contributed by atoms with van der Waals surface area (Å²) in [6, 6.07) is 14.3. The molecule has 0 atom stereocenters. The predicted molar refractivity (Wildman–Crippen MR) is 128 cm³/mol. The number of rotatable bonds is 6. The molecule has 1 amide bonds. The molecule has 2 aromatic heterocycles. The van der Waals surface area contributed by atoms with Crippen LogP contribution in [0.25, 0.3) is 11.0 Å². The van der Waals surface area contributed by atoms with Crippen molar-refractivity contribution in [2.75, 3.05) is 37.7 Å². The number of phenolic OH excluding ortho intramolecular Hbond substituents is 1. The first-order valence-electron chi connectivity index (χ1n) is 11.3. The van der Waals surface area contributed by atoms with Crippen LogP contribution in [0.1, 0.15) is 22.8 Å². The second kappa shape index (κ2) is 9.38. The maximum absolute atomic E-state index is 12.8. The quantitative estimate of drug-likeness (QED) is 0.475. The van der Waals surface area contributed by atoms with Crippen molar-refractivity contribution >= 4 is 22.8 Å². The molecule has 3 heterocycles. The van der Waals surface area contributed by atoms with Crippen molar-refractivity contribution in [1.29, 1.82) is 0 Å². The van der Waals surface area contributed by atoms with Crippen molar-refractivity contribution < 1.29 is 14.6 Å². The largest absolute Gasteiger partial charge is 0.508 e. The smallest absolute Gasteiger partial charge is 0.253 e. The second-order valence-electron chi connectivity index (χ2n) is 8.14. The van der Waals surface area contributed by atoms with E-state index in [0.717, 1.165) is 28.2 Å². The highest BCUT2D eigenvalue weighted by Gasteiger charge is 2.24. The Morgan fingerprint density at radius 2 is 1.85 bits per heavy atom. The molecule has 0 radical (unpaired) electrons. The molecule has 4 aromatic rings. The van der Waals surface area contributed by atoms with Crippen LogP contribution >= 0.6 is 0 Å². The third kappa shape index (κ3) is 4.36. The molecule has 1 fully saturated rings. The van der Waals surface area contributed by atoms with E-state index in [9.17, 15) is 9.90 Å². The van der Waals surface area contributed by atoms with Crippen LogP contribution in [0.5, 0.6) is 11.5 Å². The number of hydrogen-bond donors (Lipinski definition) is 1. The molecule has 1 saturated heterocycles. The molecule has 9 nitrogen and oxygen atoms in total. The molecular weight excluding hydrogens is 432 g/mol. The third-order valence-corrected chi connectivity index (χ3v) is 5.94. The number of amides is 1. The van der Waals surface area contributed by atoms with Crippen molar-refractivity contribution in [2.24, 2.45) is 0 Å². The molecule has 5 rings (SSSR count). The number of anilines is 1. The van der Waals surface area contributed by atoms with E-state index in [1.165, 1.54) is 12.1 Å². The van der Waals surface area contributed by atoms with Gasteiger partial charge < -0.3 is 19.6 Å². The molecular formula is C25H26N6O3. The van der Waals surface area contributed by atoms with Gasteiger partial charge in [0.1, 0.15) is 23.6 Å². The Bertz CT molecular complexity index is 1300. The number of ether oxygens (including phenoxy) is 1. The van der Waals surface area contributed by atoms with Gasteiger partial charge >= 0.3 is 0 Å². The van der Waals surface area contributed by atoms with Gasteiger partial charge in [-0.1, -0.05) is 12.1 Å². The van der Waals surface area contributed by atoms with E-state index >= 15 is 0 Å². The van der Waals surface area contributed by atoms with E-state index in [1.54, 1.807) is 18.5 Å². The summed E-state index contributed by atoms with van der Waals surface area (Å²) in [6.45, 7) is 5.67. The Morgan fingerprint density at radius 3 is 2.62 bits per heavy atom. The zero-order valence-corrected chi connectivity index (χ0v) is 19.0. The lowest BCUT2D eigenvalue weighted by atomic mass is 10.1. The molecule has 0 aliphatic carbocycles. The van der Waals surface area contributed by atoms with Gasteiger partial charge in [0.05, 0.1) is 24.7 Å². The maximum Gasteiger partial charge on any atom is 0.253 e. The first-order valence-corrected chi connectivity index (χ1v) is 11.3. The number of hydrogen-bond acceptors (Lipinski definition) is 7. The molecule has 0 unspecified atom stereocenters. The zero-order chi connectivity index (χ0) is 23.5. The summed E-state index contributed by atoms with van der Waals surface area (Å²) >= 11 is 0. The van der Waals surface area contributed by atoms with Crippen LogP contribution in [0, 0.1) is 0 Å². The van der Waals surface area contributed by atoms with Crippen LogP contribution in [-0.4, -0.2) is 68.4 Å². The monoisotopic (exact) mass is 458 g/mol. The van der Waals surface area contributed by atoms with Crippen molar-refractivity contribution in [2.45, 2.75) is 13.5 Å². The topological polar surface area (TPSA) is 96.6 Å². The normalized spacial score (nSPS) is 13.9. The van der Waals surface area contributed by atoms with Crippen molar-refractivity contribution in [1.82, 2.24) is 24.6 Å². The van der Waals surface area contributed by atoms with Crippen LogP contribution in [0.15, 0.2) is 61.1 Å². The number of piperazine rings is 1. The Labute approximate surface area is 197 Å². The van der Waals surface area contributed by atoms with Gasteiger partial charge in [0.2, 0.25) is 0 Å². The van der Waals surface area contributed by atoms with Gasteiger partial charge in [-0.05, 0) is 48.9 Å². The Balaban J connectivity index is 1.30. The summed E-state index contributed by atoms with van der Waals surface area (Å²) < 4.78 is 7.48. The van der Waals surface area contributed by atoms with E-state index in [1.807, 2.05) is 47.0 Å². The minimum atomic E-state index is -0.0328. The molecule has 2 aromatic carbocycles. The maximum atomic E-state index is 12.8. The molecule has 174 valence electrons. The SMILES string of the molecule is CCOc1cccc(Cn2ncc3c(N4CCN(C(=O)c5ccc(O)cc5)CC4)ncnc32)c1. The van der Waals surface area contributed by atoms with E-state index < -0.39 is 0 Å². The summed E-state index contributed by atoms with van der Waals surface area (Å²) in [5.74, 6) is 1.79. The molecule has 1 N–H and O–H groups in total. The number of phenols is 1. The molecule has 0 spiro atoms. The highest BCUT2D eigenvalue weighted by Crippen LogP contribution is 2.25. The molecule has 34 heavy (non-hydrogen) atoms. The van der Waals surface area contributed by atoms with E-state index in [4.69, 9.17) is 4.74 Å². The van der Waals surface area contributed by atoms with Gasteiger partial charge in [0.25, 0.3) is 5.91 Å². The molecule has 0 bridgehead atoms. The van der Waals surface area contributed by atoms with Crippen molar-refractivity contribution in [3.8, 4) is 11.5 Å². The molecule has 1 aliphatic rings. The minimum Gasteiger partial charge on any atom is -0.508 e. The van der Waals surface area contributed by atoms with E-state index in [0.29, 0.717) is 44.9 Å². The predicted octanol–water partition coefficient (Wildman–Crippen LogP) is 2.94. The van der Waals surface area contributed by atoms with Crippen LogP contribution in [-0.2, 0) is 6.54 Å². The van der Waals surface area contributed by atoms with Crippen molar-refractivity contribution in [3.63, 3.8) is 0 Å². The fourth-order valence-corrected chi connectivity index (χ4v) is 4.23. The van der Waals surface area contributed by atoms with Gasteiger partial charge in [-0.25, -0.2) is 14.6 Å². The summed E-state index contributed by atoms with van der Waals surface area (Å²) in [5.41, 5.74) is 2.43. The number of benzene rings is 2. The van der Waals surface area contributed by atoms with Crippen LogP contribution < -0.4 is 9.64 Å². The highest BCUT2D eigenvalue weighted by atomic mass is 16.5. The van der Waals surface area contributed by atoms with Gasteiger partial charge in [-0.15, -0.1) is 0 Å². The fraction of sp³-hybridized carbons (Fsp3) is 0.280. The van der Waals surface area contributed by atoms with Crippen molar-refractivity contribution in [3.05, 3.63) is 72.2 Å². The summed E-state index contributed by atoms with van der Waals surface area (Å²) in [7, 11) is 0. The number of carbonyl (C=O) groups excluding carboxylic acids is 1. The first-order chi connectivity index (χ1) is 16.6. The Kier molecular flexibility index (Phi) is 5.99. The number of aromatic nitrogens is 4. The first kappa shape index (κ1) is 21.7. The van der Waals surface area contributed by atoms with Gasteiger partial charge in [0, 0.05) is 31.7 Å². The number of nitrogens with zero attached hydrogens (tertiary/aromatic N) is 6. The van der Waals surface area contributed by atoms with Gasteiger partial charge in [-0.3, -0.25) is 4.79 Å². The average molecular weight is 459 g/mol. The standard InChI is InChI=1S/C25H26N6O3/c1-2-34-21-5-3-4-18(14-21)16-31-24-22(15-28-31)23(26-17-27-24)29-10-12-30(13-11-29)25(33)19-6-8-20(32)9-7-19/h3-9,14-15,17,32H,2,10-13,16H2,1H3. The summed E-state index contributed by atoms with van der Waals surface area (Å²) in [4.78, 5) is 25.8. The third-order valence-electron chi connectivity index (χ3n) is 5.94. The minimum absolute atomic E-state index is 0.0328. The lowest BCUT2D eigenvalue weighted by Crippen LogP contribution is -2.49. The van der Waals surface area contributed by atoms with E-state index in [-0.39, 0.29) is 11.7 Å². The van der Waals surface area contributed by atoms with Crippen LogP contribution in [0.3, 0.4) is 0 Å². The number of fused-ring (bicyclic) bond motifs is 1. The molecule has 9 heteroatoms. The molecule has 0 saturated carbocycles. The van der Waals surface area contributed by atoms with Gasteiger partial charge in [0.15, 0.2) is 5.65 Å². The van der Waals surface area contributed by atoms with E-state index in [2.05, 4.69) is 20.0 Å². The number of carbonyl (C=O) groups is 1. The highest BCUT2D eigenvalue weighted by molar-refractivity contribution is 5.94. The molecule has 1 aliphatic heterocycles. The fourth-order valence-electron chi connectivity index (χ4n) is 4.23. The zero-order valence-electron chi connectivity index (χ0n) is 19.0. The average Bonchev–Trinajstić information content (AvgIpc) is 3.27. The number of aromatic hydroxyl groups is 1. The van der Waals surface area contributed by atoms with Crippen LogP contribution in [0.2, 0.25) is 0 Å². The lowest BCUT2D eigenvalue weighted by Gasteiger charge is -2.35. The Hall–Kier alpha value is -4.14.